The largest absolute Gasteiger partial charge is 0.395 e. The molecule has 1 aromatic carbocycles. The minimum absolute atomic E-state index is 0.161. The van der Waals surface area contributed by atoms with Crippen molar-refractivity contribution in [1.29, 1.82) is 0 Å². The molecule has 0 atom stereocenters. The molecule has 2 rings (SSSR count). The number of benzene rings is 1. The fourth-order valence-corrected chi connectivity index (χ4v) is 2.73. The number of aliphatic hydroxyl groups is 1. The van der Waals surface area contributed by atoms with Crippen molar-refractivity contribution in [3.8, 4) is 0 Å². The quantitative estimate of drug-likeness (QED) is 0.845. The van der Waals surface area contributed by atoms with Crippen molar-refractivity contribution in [2.75, 3.05) is 19.7 Å². The van der Waals surface area contributed by atoms with Crippen LogP contribution in [0.2, 0.25) is 5.02 Å². The Bertz CT molecular complexity index is 601. The normalized spacial score (nSPS) is 11.5. The zero-order valence-electron chi connectivity index (χ0n) is 12.8. The summed E-state index contributed by atoms with van der Waals surface area (Å²) in [5.41, 5.74) is 2.96. The predicted octanol–water partition coefficient (Wildman–Crippen LogP) is 3.79. The van der Waals surface area contributed by atoms with Crippen LogP contribution in [0, 0.1) is 6.92 Å². The van der Waals surface area contributed by atoms with E-state index in [0.29, 0.717) is 13.1 Å². The molecule has 114 valence electrons. The van der Waals surface area contributed by atoms with Crippen LogP contribution in [0.25, 0.3) is 10.9 Å². The Balaban J connectivity index is 2.29. The van der Waals surface area contributed by atoms with E-state index in [1.54, 1.807) is 0 Å². The highest BCUT2D eigenvalue weighted by molar-refractivity contribution is 6.32. The highest BCUT2D eigenvalue weighted by atomic mass is 35.5. The summed E-state index contributed by atoms with van der Waals surface area (Å²) in [7, 11) is 0. The van der Waals surface area contributed by atoms with Crippen molar-refractivity contribution in [1.82, 2.24) is 9.88 Å². The van der Waals surface area contributed by atoms with Crippen LogP contribution >= 0.6 is 11.6 Å². The van der Waals surface area contributed by atoms with Gasteiger partial charge in [-0.25, -0.2) is 4.98 Å². The van der Waals surface area contributed by atoms with Crippen LogP contribution in [-0.2, 0) is 6.54 Å². The number of unbranched alkanes of at least 4 members (excludes halogenated alkanes) is 1. The molecular formula is C17H23ClN2O. The molecule has 1 heterocycles. The number of hydrogen-bond acceptors (Lipinski definition) is 3. The van der Waals surface area contributed by atoms with Crippen molar-refractivity contribution in [2.24, 2.45) is 0 Å². The van der Waals surface area contributed by atoms with Crippen molar-refractivity contribution < 1.29 is 5.11 Å². The molecule has 0 fully saturated rings. The summed E-state index contributed by atoms with van der Waals surface area (Å²) in [6.07, 6.45) is 2.25. The second-order valence-corrected chi connectivity index (χ2v) is 5.75. The number of pyridine rings is 1. The van der Waals surface area contributed by atoms with E-state index >= 15 is 0 Å². The fourth-order valence-electron chi connectivity index (χ4n) is 2.53. The van der Waals surface area contributed by atoms with Crippen LogP contribution in [0.5, 0.6) is 0 Å². The van der Waals surface area contributed by atoms with E-state index in [2.05, 4.69) is 17.9 Å². The average molecular weight is 307 g/mol. The van der Waals surface area contributed by atoms with E-state index in [1.807, 2.05) is 25.1 Å². The van der Waals surface area contributed by atoms with Crippen LogP contribution in [0.15, 0.2) is 24.3 Å². The molecule has 0 aliphatic rings. The van der Waals surface area contributed by atoms with Crippen molar-refractivity contribution in [2.45, 2.75) is 33.2 Å². The molecule has 0 aliphatic heterocycles. The van der Waals surface area contributed by atoms with E-state index in [0.717, 1.165) is 46.6 Å². The molecule has 0 unspecified atom stereocenters. The standard InChI is InChI=1S/C17H23ClN2O/c1-3-4-9-20(10-11-21)12-16-17(18)13(2)14-7-5-6-8-15(14)19-16/h5-8,21H,3-4,9-12H2,1-2H3. The summed E-state index contributed by atoms with van der Waals surface area (Å²) in [6.45, 7) is 6.67. The molecule has 4 heteroatoms. The van der Waals surface area contributed by atoms with Crippen LogP contribution in [0.4, 0.5) is 0 Å². The minimum Gasteiger partial charge on any atom is -0.395 e. The highest BCUT2D eigenvalue weighted by Crippen LogP contribution is 2.27. The topological polar surface area (TPSA) is 36.4 Å². The number of fused-ring (bicyclic) bond motifs is 1. The molecule has 21 heavy (non-hydrogen) atoms. The third-order valence-corrected chi connectivity index (χ3v) is 4.27. The Morgan fingerprint density at radius 1 is 1.24 bits per heavy atom. The predicted molar refractivity (Wildman–Crippen MR) is 88.8 cm³/mol. The number of rotatable bonds is 7. The third-order valence-electron chi connectivity index (χ3n) is 3.76. The zero-order chi connectivity index (χ0) is 15.2. The Morgan fingerprint density at radius 2 is 2.00 bits per heavy atom. The fraction of sp³-hybridized carbons (Fsp3) is 0.471. The van der Waals surface area contributed by atoms with Crippen molar-refractivity contribution >= 4 is 22.5 Å². The number of nitrogens with zero attached hydrogens (tertiary/aromatic N) is 2. The van der Waals surface area contributed by atoms with Gasteiger partial charge in [-0.3, -0.25) is 4.90 Å². The Morgan fingerprint density at radius 3 is 2.71 bits per heavy atom. The maximum absolute atomic E-state index is 9.21. The lowest BCUT2D eigenvalue weighted by molar-refractivity contribution is 0.187. The van der Waals surface area contributed by atoms with Gasteiger partial charge in [0.05, 0.1) is 22.8 Å². The van der Waals surface area contributed by atoms with E-state index in [-0.39, 0.29) is 6.61 Å². The van der Waals surface area contributed by atoms with Crippen LogP contribution < -0.4 is 0 Å². The molecule has 0 amide bonds. The average Bonchev–Trinajstić information content (AvgIpc) is 2.50. The molecule has 0 aliphatic carbocycles. The van der Waals surface area contributed by atoms with Gasteiger partial charge in [0.25, 0.3) is 0 Å². The molecule has 0 radical (unpaired) electrons. The summed E-state index contributed by atoms with van der Waals surface area (Å²) in [4.78, 5) is 6.92. The molecule has 0 spiro atoms. The second kappa shape index (κ2) is 7.74. The lowest BCUT2D eigenvalue weighted by Gasteiger charge is -2.22. The second-order valence-electron chi connectivity index (χ2n) is 5.37. The van der Waals surface area contributed by atoms with E-state index in [9.17, 15) is 5.11 Å². The summed E-state index contributed by atoms with van der Waals surface area (Å²) in [6, 6.07) is 8.07. The summed E-state index contributed by atoms with van der Waals surface area (Å²) < 4.78 is 0. The molecule has 3 nitrogen and oxygen atoms in total. The third kappa shape index (κ3) is 3.94. The van der Waals surface area contributed by atoms with Gasteiger partial charge in [0.15, 0.2) is 0 Å². The van der Waals surface area contributed by atoms with Crippen molar-refractivity contribution in [3.05, 3.63) is 40.5 Å². The SMILES string of the molecule is CCCCN(CCO)Cc1nc2ccccc2c(C)c1Cl. The maximum atomic E-state index is 9.21. The van der Waals surface area contributed by atoms with Gasteiger partial charge in [-0.2, -0.15) is 0 Å². The molecule has 0 bridgehead atoms. The molecule has 1 N–H and O–H groups in total. The first-order valence-electron chi connectivity index (χ1n) is 7.54. The van der Waals surface area contributed by atoms with E-state index < -0.39 is 0 Å². The lowest BCUT2D eigenvalue weighted by atomic mass is 10.1. The first-order valence-corrected chi connectivity index (χ1v) is 7.92. The molecule has 2 aromatic rings. The maximum Gasteiger partial charge on any atom is 0.0740 e. The van der Waals surface area contributed by atoms with Crippen molar-refractivity contribution in [3.63, 3.8) is 0 Å². The van der Waals surface area contributed by atoms with Crippen LogP contribution in [0.1, 0.15) is 31.0 Å². The van der Waals surface area contributed by atoms with Gasteiger partial charge in [-0.1, -0.05) is 43.1 Å². The van der Waals surface area contributed by atoms with Gasteiger partial charge in [0.2, 0.25) is 0 Å². The first kappa shape index (κ1) is 16.2. The van der Waals surface area contributed by atoms with Gasteiger partial charge in [-0.15, -0.1) is 0 Å². The number of halogens is 1. The number of aryl methyl sites for hydroxylation is 1. The molecule has 0 saturated heterocycles. The molecule has 0 saturated carbocycles. The Kier molecular flexibility index (Phi) is 5.97. The summed E-state index contributed by atoms with van der Waals surface area (Å²) in [5.74, 6) is 0. The first-order chi connectivity index (χ1) is 10.2. The monoisotopic (exact) mass is 306 g/mol. The minimum atomic E-state index is 0.161. The summed E-state index contributed by atoms with van der Waals surface area (Å²) >= 11 is 6.50. The highest BCUT2D eigenvalue weighted by Gasteiger charge is 2.13. The molecule has 1 aromatic heterocycles. The van der Waals surface area contributed by atoms with Gasteiger partial charge in [-0.05, 0) is 31.5 Å². The van der Waals surface area contributed by atoms with E-state index in [1.165, 1.54) is 0 Å². The van der Waals surface area contributed by atoms with Crippen LogP contribution in [0.3, 0.4) is 0 Å². The van der Waals surface area contributed by atoms with Gasteiger partial charge in [0, 0.05) is 18.5 Å². The zero-order valence-corrected chi connectivity index (χ0v) is 13.5. The lowest BCUT2D eigenvalue weighted by Crippen LogP contribution is -2.28. The number of aliphatic hydroxyl groups excluding tert-OH is 1. The Hall–Kier alpha value is -1.16. The number of aromatic nitrogens is 1. The van der Waals surface area contributed by atoms with Gasteiger partial charge in [0.1, 0.15) is 0 Å². The number of para-hydroxylation sites is 1. The Labute approximate surface area is 131 Å². The number of hydrogen-bond donors (Lipinski definition) is 1. The van der Waals surface area contributed by atoms with E-state index in [4.69, 9.17) is 16.6 Å². The van der Waals surface area contributed by atoms with Crippen LogP contribution in [-0.4, -0.2) is 34.7 Å². The van der Waals surface area contributed by atoms with Gasteiger partial charge < -0.3 is 5.11 Å². The molecular weight excluding hydrogens is 284 g/mol. The smallest absolute Gasteiger partial charge is 0.0740 e. The summed E-state index contributed by atoms with van der Waals surface area (Å²) in [5, 5.41) is 11.1. The van der Waals surface area contributed by atoms with Gasteiger partial charge >= 0.3 is 0 Å².